The van der Waals surface area contributed by atoms with Gasteiger partial charge in [-0.05, 0) is 48.8 Å². The average molecular weight is 717 g/mol. The van der Waals surface area contributed by atoms with Gasteiger partial charge in [-0.3, -0.25) is 14.4 Å². The highest BCUT2D eigenvalue weighted by atomic mass is 16.6. The molecule has 3 fully saturated rings. The van der Waals surface area contributed by atoms with Crippen LogP contribution in [-0.2, 0) is 42.9 Å². The number of esters is 4. The Morgan fingerprint density at radius 1 is 0.904 bits per heavy atom. The molecule has 1 saturated heterocycles. The van der Waals surface area contributed by atoms with Crippen molar-refractivity contribution < 1.29 is 57.9 Å². The maximum atomic E-state index is 15.2. The molecule has 2 saturated carbocycles. The molecule has 0 amide bonds. The van der Waals surface area contributed by atoms with E-state index >= 15 is 4.79 Å². The van der Waals surface area contributed by atoms with Crippen LogP contribution in [0.15, 0.2) is 77.9 Å². The van der Waals surface area contributed by atoms with E-state index in [1.54, 1.807) is 57.2 Å². The van der Waals surface area contributed by atoms with Crippen molar-refractivity contribution in [3.63, 3.8) is 0 Å². The lowest BCUT2D eigenvalue weighted by Crippen LogP contribution is -2.82. The molecule has 52 heavy (non-hydrogen) atoms. The standard InChI is InChI=1S/C40H44O12/c1-22-27(50-30(44)18-17-25-13-9-7-10-14-25)20-40(47)35(51-36(46)26-15-11-8-12-16-26)33-38(6,28(43)19-29-39(33,21-48-29)52-24(3)42)34(45)32(49-23(2)41)31(22)37(40,4)5/h7-18,27-29,32-33,35,43,47H,19-21H2,1-6H3. The van der Waals surface area contributed by atoms with Gasteiger partial charge < -0.3 is 33.9 Å². The molecule has 2 bridgehead atoms. The van der Waals surface area contributed by atoms with Gasteiger partial charge in [-0.25, -0.2) is 9.59 Å². The van der Waals surface area contributed by atoms with Gasteiger partial charge in [0.1, 0.15) is 23.9 Å². The Morgan fingerprint density at radius 3 is 2.12 bits per heavy atom. The van der Waals surface area contributed by atoms with Gasteiger partial charge in [-0.2, -0.15) is 0 Å². The second kappa shape index (κ2) is 13.4. The predicted molar refractivity (Wildman–Crippen MR) is 184 cm³/mol. The third-order valence-corrected chi connectivity index (χ3v) is 11.7. The number of rotatable bonds is 7. The van der Waals surface area contributed by atoms with Crippen molar-refractivity contribution in [2.45, 2.75) is 96.1 Å². The second-order valence-electron chi connectivity index (χ2n) is 14.9. The molecule has 2 aromatic carbocycles. The molecule has 276 valence electrons. The van der Waals surface area contributed by atoms with Crippen molar-refractivity contribution in [3.05, 3.63) is 89.0 Å². The number of hydrogen-bond donors (Lipinski definition) is 2. The number of benzene rings is 2. The number of ether oxygens (including phenoxy) is 5. The topological polar surface area (TPSA) is 172 Å². The van der Waals surface area contributed by atoms with Gasteiger partial charge in [-0.1, -0.05) is 62.4 Å². The van der Waals surface area contributed by atoms with Crippen LogP contribution in [0.3, 0.4) is 0 Å². The van der Waals surface area contributed by atoms with Crippen molar-refractivity contribution in [2.24, 2.45) is 16.7 Å². The summed E-state index contributed by atoms with van der Waals surface area (Å²) in [7, 11) is 0. The number of hydrogen-bond acceptors (Lipinski definition) is 12. The van der Waals surface area contributed by atoms with Gasteiger partial charge in [-0.15, -0.1) is 0 Å². The minimum atomic E-state index is -2.21. The summed E-state index contributed by atoms with van der Waals surface area (Å²) in [5.41, 5.74) is -6.01. The van der Waals surface area contributed by atoms with Gasteiger partial charge in [0.15, 0.2) is 17.5 Å². The molecule has 4 aliphatic rings. The van der Waals surface area contributed by atoms with E-state index < -0.39 is 88.1 Å². The van der Waals surface area contributed by atoms with Crippen LogP contribution in [0.4, 0.5) is 0 Å². The highest BCUT2D eigenvalue weighted by molar-refractivity contribution is 5.95. The Bertz CT molecular complexity index is 1830. The Balaban J connectivity index is 1.59. The van der Waals surface area contributed by atoms with E-state index in [1.807, 2.05) is 18.2 Å². The Morgan fingerprint density at radius 2 is 1.54 bits per heavy atom. The van der Waals surface area contributed by atoms with E-state index in [0.717, 1.165) is 12.5 Å². The van der Waals surface area contributed by atoms with E-state index in [1.165, 1.54) is 32.1 Å². The molecule has 2 aromatic rings. The summed E-state index contributed by atoms with van der Waals surface area (Å²) in [4.78, 5) is 68.3. The number of carbonyl (C=O) groups excluding carboxylic acids is 5. The van der Waals surface area contributed by atoms with Crippen LogP contribution in [0.1, 0.15) is 70.3 Å². The van der Waals surface area contributed by atoms with E-state index in [0.29, 0.717) is 5.57 Å². The average Bonchev–Trinajstić information content (AvgIpc) is 3.09. The molecule has 0 radical (unpaired) electrons. The molecule has 3 aliphatic carbocycles. The summed E-state index contributed by atoms with van der Waals surface area (Å²) < 4.78 is 30.0. The van der Waals surface area contributed by atoms with Crippen LogP contribution in [0.2, 0.25) is 0 Å². The maximum Gasteiger partial charge on any atom is 0.338 e. The molecule has 9 unspecified atom stereocenters. The van der Waals surface area contributed by atoms with Crippen molar-refractivity contribution in [1.82, 2.24) is 0 Å². The molecule has 2 N–H and O–H groups in total. The minimum absolute atomic E-state index is 0.132. The SMILES string of the molecule is CC(=O)OC1C(=O)C2(C)C(O)CC3OCC3(OC(C)=O)C2C(OC(=O)c2ccccc2)C2(O)CC(OC(=O)C=Cc3ccccc3)C(C)=C1C2(C)C. The fourth-order valence-corrected chi connectivity index (χ4v) is 8.93. The Hall–Kier alpha value is -4.65. The molecular weight excluding hydrogens is 672 g/mol. The summed E-state index contributed by atoms with van der Waals surface area (Å²) in [6.07, 6.45) is -4.70. The lowest BCUT2D eigenvalue weighted by Gasteiger charge is -2.67. The lowest BCUT2D eigenvalue weighted by atomic mass is 9.44. The monoisotopic (exact) mass is 716 g/mol. The maximum absolute atomic E-state index is 15.2. The summed E-state index contributed by atoms with van der Waals surface area (Å²) in [5, 5.41) is 25.3. The van der Waals surface area contributed by atoms with Crippen LogP contribution in [0, 0.1) is 16.7 Å². The van der Waals surface area contributed by atoms with Crippen molar-refractivity contribution in [3.8, 4) is 0 Å². The Labute approximate surface area is 301 Å². The van der Waals surface area contributed by atoms with Crippen LogP contribution in [0.25, 0.3) is 6.08 Å². The van der Waals surface area contributed by atoms with Crippen LogP contribution >= 0.6 is 0 Å². The smallest absolute Gasteiger partial charge is 0.338 e. The van der Waals surface area contributed by atoms with E-state index in [2.05, 4.69) is 0 Å². The highest BCUT2D eigenvalue weighted by Crippen LogP contribution is 2.64. The molecule has 0 aromatic heterocycles. The van der Waals surface area contributed by atoms with Gasteiger partial charge in [0.05, 0.1) is 29.6 Å². The summed E-state index contributed by atoms with van der Waals surface area (Å²) >= 11 is 0. The van der Waals surface area contributed by atoms with Gasteiger partial charge in [0, 0.05) is 38.2 Å². The van der Waals surface area contributed by atoms with Gasteiger partial charge in [0.25, 0.3) is 0 Å². The third kappa shape index (κ3) is 5.86. The first-order chi connectivity index (χ1) is 24.5. The molecule has 6 rings (SSSR count). The fourth-order valence-electron chi connectivity index (χ4n) is 8.93. The first-order valence-corrected chi connectivity index (χ1v) is 17.3. The third-order valence-electron chi connectivity index (χ3n) is 11.7. The molecule has 1 aliphatic heterocycles. The van der Waals surface area contributed by atoms with E-state index in [4.69, 9.17) is 23.7 Å². The quantitative estimate of drug-likeness (QED) is 0.184. The zero-order valence-electron chi connectivity index (χ0n) is 30.0. The number of aliphatic hydroxyl groups excluding tert-OH is 1. The number of carbonyl (C=O) groups is 5. The van der Waals surface area contributed by atoms with Crippen molar-refractivity contribution in [2.75, 3.05) is 6.61 Å². The zero-order chi connectivity index (χ0) is 37.8. The van der Waals surface area contributed by atoms with Crippen molar-refractivity contribution in [1.29, 1.82) is 0 Å². The van der Waals surface area contributed by atoms with Crippen molar-refractivity contribution >= 4 is 35.7 Å². The number of ketones is 1. The molecule has 12 nitrogen and oxygen atoms in total. The fraction of sp³-hybridized carbons (Fsp3) is 0.475. The normalized spacial score (nSPS) is 34.8. The predicted octanol–water partition coefficient (Wildman–Crippen LogP) is 3.92. The zero-order valence-corrected chi connectivity index (χ0v) is 30.0. The van der Waals surface area contributed by atoms with Gasteiger partial charge in [0.2, 0.25) is 0 Å². The number of aliphatic hydroxyl groups is 2. The second-order valence-corrected chi connectivity index (χ2v) is 14.9. The van der Waals surface area contributed by atoms with E-state index in [9.17, 15) is 29.4 Å². The highest BCUT2D eigenvalue weighted by Gasteiger charge is 2.78. The molecule has 0 spiro atoms. The number of fused-ring (bicyclic) bond motifs is 5. The summed E-state index contributed by atoms with van der Waals surface area (Å²) in [5.74, 6) is -5.37. The lowest BCUT2D eigenvalue weighted by molar-refractivity contribution is -0.346. The largest absolute Gasteiger partial charge is 0.455 e. The summed E-state index contributed by atoms with van der Waals surface area (Å²) in [6.45, 7) is 8.40. The Kier molecular flexibility index (Phi) is 9.56. The molecular formula is C40H44O12. The van der Waals surface area contributed by atoms with Gasteiger partial charge >= 0.3 is 23.9 Å². The minimum Gasteiger partial charge on any atom is -0.455 e. The molecule has 1 heterocycles. The van der Waals surface area contributed by atoms with E-state index in [-0.39, 0.29) is 30.6 Å². The number of Topliss-reactive ketones (excluding diaryl/α,β-unsaturated/α-hetero) is 1. The first kappa shape index (κ1) is 37.1. The first-order valence-electron chi connectivity index (χ1n) is 17.3. The van der Waals surface area contributed by atoms with Crippen LogP contribution < -0.4 is 0 Å². The summed E-state index contributed by atoms with van der Waals surface area (Å²) in [6, 6.07) is 17.1. The molecule has 12 heteroatoms. The molecule has 9 atom stereocenters. The van der Waals surface area contributed by atoms with Crippen LogP contribution in [0.5, 0.6) is 0 Å². The van der Waals surface area contributed by atoms with Crippen LogP contribution in [-0.4, -0.2) is 88.2 Å².